The van der Waals surface area contributed by atoms with Crippen LogP contribution in [0.2, 0.25) is 20.1 Å². The zero-order valence-electron chi connectivity index (χ0n) is 10.1. The molecule has 0 spiro atoms. The van der Waals surface area contributed by atoms with Gasteiger partial charge in [0.1, 0.15) is 0 Å². The van der Waals surface area contributed by atoms with Crippen LogP contribution in [0.5, 0.6) is 0 Å². The Hall–Kier alpha value is -0.440. The van der Waals surface area contributed by atoms with E-state index in [4.69, 9.17) is 46.4 Å². The van der Waals surface area contributed by atoms with Crippen molar-refractivity contribution < 1.29 is 0 Å². The van der Waals surface area contributed by atoms with E-state index in [0.29, 0.717) is 20.1 Å². The number of rotatable bonds is 3. The van der Waals surface area contributed by atoms with Gasteiger partial charge in [0.15, 0.2) is 0 Å². The Balaban J connectivity index is 2.55. The van der Waals surface area contributed by atoms with Crippen molar-refractivity contribution in [3.8, 4) is 0 Å². The SMILES string of the molecule is CNC(c1cc(Cl)ccc1Cl)c1cc(Cl)ccc1Cl. The molecule has 100 valence electrons. The topological polar surface area (TPSA) is 12.0 Å². The Morgan fingerprint density at radius 3 is 1.58 bits per heavy atom. The second kappa shape index (κ2) is 6.34. The minimum absolute atomic E-state index is 0.169. The highest BCUT2D eigenvalue weighted by molar-refractivity contribution is 6.34. The third-order valence-corrected chi connectivity index (χ3v) is 3.99. The number of benzene rings is 2. The van der Waals surface area contributed by atoms with Gasteiger partial charge in [0, 0.05) is 20.1 Å². The second-order valence-corrected chi connectivity index (χ2v) is 5.74. The van der Waals surface area contributed by atoms with Crippen molar-refractivity contribution in [1.29, 1.82) is 0 Å². The number of hydrogen-bond donors (Lipinski definition) is 1. The van der Waals surface area contributed by atoms with Gasteiger partial charge in [0.05, 0.1) is 6.04 Å². The van der Waals surface area contributed by atoms with Gasteiger partial charge in [-0.15, -0.1) is 0 Å². The van der Waals surface area contributed by atoms with E-state index in [1.165, 1.54) is 0 Å². The van der Waals surface area contributed by atoms with Gasteiger partial charge in [-0.1, -0.05) is 46.4 Å². The fourth-order valence-corrected chi connectivity index (χ4v) is 2.76. The van der Waals surface area contributed by atoms with E-state index in [1.54, 1.807) is 24.3 Å². The molecule has 19 heavy (non-hydrogen) atoms. The predicted octanol–water partition coefficient (Wildman–Crippen LogP) is 5.61. The van der Waals surface area contributed by atoms with Gasteiger partial charge in [-0.3, -0.25) is 0 Å². The molecule has 0 unspecified atom stereocenters. The highest BCUT2D eigenvalue weighted by atomic mass is 35.5. The third-order valence-electron chi connectivity index (χ3n) is 2.83. The summed E-state index contributed by atoms with van der Waals surface area (Å²) >= 11 is 24.5. The summed E-state index contributed by atoms with van der Waals surface area (Å²) in [5.41, 5.74) is 1.72. The summed E-state index contributed by atoms with van der Waals surface area (Å²) in [6, 6.07) is 10.5. The van der Waals surface area contributed by atoms with Gasteiger partial charge >= 0.3 is 0 Å². The van der Waals surface area contributed by atoms with E-state index in [1.807, 2.05) is 19.2 Å². The molecule has 1 N–H and O–H groups in total. The highest BCUT2D eigenvalue weighted by Crippen LogP contribution is 2.34. The Kier molecular flexibility index (Phi) is 4.99. The average Bonchev–Trinajstić information content (AvgIpc) is 2.38. The third kappa shape index (κ3) is 3.36. The summed E-state index contributed by atoms with van der Waals surface area (Å²) in [5, 5.41) is 5.68. The van der Waals surface area contributed by atoms with E-state index in [2.05, 4.69) is 5.32 Å². The van der Waals surface area contributed by atoms with Crippen molar-refractivity contribution in [2.24, 2.45) is 0 Å². The molecule has 0 aliphatic carbocycles. The van der Waals surface area contributed by atoms with Crippen LogP contribution >= 0.6 is 46.4 Å². The van der Waals surface area contributed by atoms with Crippen LogP contribution in [-0.2, 0) is 0 Å². The largest absolute Gasteiger partial charge is 0.309 e. The molecule has 2 aromatic carbocycles. The maximum absolute atomic E-state index is 6.24. The van der Waals surface area contributed by atoms with Crippen LogP contribution in [0.15, 0.2) is 36.4 Å². The first-order chi connectivity index (χ1) is 9.02. The molecular weight excluding hydrogens is 324 g/mol. The molecular formula is C14H11Cl4N. The van der Waals surface area contributed by atoms with Crippen LogP contribution in [0.1, 0.15) is 17.2 Å². The second-order valence-electron chi connectivity index (χ2n) is 4.05. The lowest BCUT2D eigenvalue weighted by molar-refractivity contribution is 0.692. The van der Waals surface area contributed by atoms with E-state index >= 15 is 0 Å². The van der Waals surface area contributed by atoms with Crippen molar-refractivity contribution in [3.63, 3.8) is 0 Å². The van der Waals surface area contributed by atoms with Crippen LogP contribution < -0.4 is 5.32 Å². The van der Waals surface area contributed by atoms with Crippen LogP contribution in [0, 0.1) is 0 Å². The zero-order valence-corrected chi connectivity index (χ0v) is 13.1. The van der Waals surface area contributed by atoms with E-state index in [-0.39, 0.29) is 6.04 Å². The van der Waals surface area contributed by atoms with E-state index in [0.717, 1.165) is 11.1 Å². The maximum Gasteiger partial charge on any atom is 0.0604 e. The summed E-state index contributed by atoms with van der Waals surface area (Å²) in [6.07, 6.45) is 0. The van der Waals surface area contributed by atoms with Crippen LogP contribution in [0.3, 0.4) is 0 Å². The molecule has 2 rings (SSSR count). The first kappa shape index (κ1) is 15.0. The molecule has 0 aromatic heterocycles. The molecule has 0 aliphatic heterocycles. The lowest BCUT2D eigenvalue weighted by Crippen LogP contribution is -2.18. The maximum atomic E-state index is 6.24. The summed E-state index contributed by atoms with van der Waals surface area (Å²) < 4.78 is 0. The fraction of sp³-hybridized carbons (Fsp3) is 0.143. The minimum atomic E-state index is -0.169. The molecule has 0 amide bonds. The molecule has 5 heteroatoms. The van der Waals surface area contributed by atoms with Gasteiger partial charge < -0.3 is 5.32 Å². The monoisotopic (exact) mass is 333 g/mol. The molecule has 0 heterocycles. The summed E-state index contributed by atoms with van der Waals surface area (Å²) in [4.78, 5) is 0. The molecule has 0 radical (unpaired) electrons. The van der Waals surface area contributed by atoms with Crippen molar-refractivity contribution >= 4 is 46.4 Å². The first-order valence-corrected chi connectivity index (χ1v) is 7.11. The molecule has 1 nitrogen and oxygen atoms in total. The van der Waals surface area contributed by atoms with Crippen molar-refractivity contribution in [2.45, 2.75) is 6.04 Å². The molecule has 0 bridgehead atoms. The van der Waals surface area contributed by atoms with E-state index < -0.39 is 0 Å². The van der Waals surface area contributed by atoms with Gasteiger partial charge in [-0.25, -0.2) is 0 Å². The fourth-order valence-electron chi connectivity index (χ4n) is 1.95. The van der Waals surface area contributed by atoms with Crippen LogP contribution in [0.4, 0.5) is 0 Å². The van der Waals surface area contributed by atoms with Gasteiger partial charge in [-0.05, 0) is 54.6 Å². The summed E-state index contributed by atoms with van der Waals surface area (Å²) in [6.45, 7) is 0. The molecule has 0 saturated heterocycles. The lowest BCUT2D eigenvalue weighted by Gasteiger charge is -2.20. The predicted molar refractivity (Wildman–Crippen MR) is 83.8 cm³/mol. The number of hydrogen-bond acceptors (Lipinski definition) is 1. The quantitative estimate of drug-likeness (QED) is 0.769. The minimum Gasteiger partial charge on any atom is -0.309 e. The Morgan fingerprint density at radius 2 is 1.21 bits per heavy atom. The molecule has 2 aromatic rings. The van der Waals surface area contributed by atoms with Gasteiger partial charge in [0.2, 0.25) is 0 Å². The number of nitrogens with one attached hydrogen (secondary N) is 1. The molecule has 0 fully saturated rings. The number of halogens is 4. The van der Waals surface area contributed by atoms with Crippen molar-refractivity contribution in [2.75, 3.05) is 7.05 Å². The van der Waals surface area contributed by atoms with E-state index in [9.17, 15) is 0 Å². The normalized spacial score (nSPS) is 11.1. The van der Waals surface area contributed by atoms with Crippen LogP contribution in [0.25, 0.3) is 0 Å². The summed E-state index contributed by atoms with van der Waals surface area (Å²) in [7, 11) is 1.83. The van der Waals surface area contributed by atoms with Gasteiger partial charge in [0.25, 0.3) is 0 Å². The standard InChI is InChI=1S/C14H11Cl4N/c1-19-14(10-6-8(15)2-4-12(10)17)11-7-9(16)3-5-13(11)18/h2-7,14,19H,1H3. The Labute approximate surface area is 132 Å². The van der Waals surface area contributed by atoms with Crippen LogP contribution in [-0.4, -0.2) is 7.05 Å². The van der Waals surface area contributed by atoms with Crippen molar-refractivity contribution in [1.82, 2.24) is 5.32 Å². The smallest absolute Gasteiger partial charge is 0.0604 e. The Morgan fingerprint density at radius 1 is 0.789 bits per heavy atom. The molecule has 0 aliphatic rings. The van der Waals surface area contributed by atoms with Crippen molar-refractivity contribution in [3.05, 3.63) is 67.6 Å². The molecule has 0 saturated carbocycles. The zero-order chi connectivity index (χ0) is 14.0. The Bertz CT molecular complexity index is 546. The van der Waals surface area contributed by atoms with Gasteiger partial charge in [-0.2, -0.15) is 0 Å². The first-order valence-electron chi connectivity index (χ1n) is 5.60. The average molecular weight is 335 g/mol. The highest BCUT2D eigenvalue weighted by Gasteiger charge is 2.18. The molecule has 0 atom stereocenters. The summed E-state index contributed by atoms with van der Waals surface area (Å²) in [5.74, 6) is 0. The lowest BCUT2D eigenvalue weighted by atomic mass is 9.98.